The van der Waals surface area contributed by atoms with Gasteiger partial charge in [-0.25, -0.2) is 0 Å². The zero-order valence-electron chi connectivity index (χ0n) is 34.4. The summed E-state index contributed by atoms with van der Waals surface area (Å²) in [5.74, 6) is 1.58. The number of benzene rings is 6. The standard InChI is InChI=1S/3C14H13N3.C3H6O.6ClH.H2O.3Pt/c3*15-13(11-7-3-1-4-8-11)17-14(16)12-9-5-2-6-10-12;1-3(2)4;;;;;;;;;;/h3*1-10H,(H3,15,16,17);1-2H3;6*1H;1H2;;;/q;;;;;;;;;;;3*+2/p-6. The van der Waals surface area contributed by atoms with Crippen LogP contribution >= 0.6 is 0 Å². The Morgan fingerprint density at radius 3 is 0.477 bits per heavy atom. The van der Waals surface area contributed by atoms with Crippen molar-refractivity contribution in [2.24, 2.45) is 0 Å². The first-order valence-electron chi connectivity index (χ1n) is 17.2. The van der Waals surface area contributed by atoms with Crippen LogP contribution in [0.2, 0.25) is 0 Å². The van der Waals surface area contributed by atoms with E-state index in [1.54, 1.807) is 0 Å². The third kappa shape index (κ3) is 31.7. The quantitative estimate of drug-likeness (QED) is 0.0586. The van der Waals surface area contributed by atoms with E-state index in [1.807, 2.05) is 182 Å². The molecule has 11 N–H and O–H groups in total. The molecule has 6 rings (SSSR count). The van der Waals surface area contributed by atoms with Crippen molar-refractivity contribution < 1.29 is 148 Å². The summed E-state index contributed by atoms with van der Waals surface area (Å²) in [5, 5.41) is 55.5. The molecule has 356 valence electrons. The summed E-state index contributed by atoms with van der Waals surface area (Å²) in [6, 6.07) is 56.0. The summed E-state index contributed by atoms with van der Waals surface area (Å²) >= 11 is 0. The average molecular weight is 1540 g/mol. The smallest absolute Gasteiger partial charge is 1.00 e. The first kappa shape index (κ1) is 78.3. The second kappa shape index (κ2) is 45.3. The third-order valence-electron chi connectivity index (χ3n) is 7.12. The molecule has 20 heteroatoms. The summed E-state index contributed by atoms with van der Waals surface area (Å²) in [5.41, 5.74) is 4.63. The fraction of sp³-hybridized carbons (Fsp3) is 0.0444. The normalized spacial score (nSPS) is 7.97. The van der Waals surface area contributed by atoms with Gasteiger partial charge in [-0.1, -0.05) is 182 Å². The van der Waals surface area contributed by atoms with E-state index in [0.29, 0.717) is 0 Å². The van der Waals surface area contributed by atoms with Gasteiger partial charge in [-0.2, -0.15) is 0 Å². The minimum Gasteiger partial charge on any atom is -1.00 e. The van der Waals surface area contributed by atoms with Gasteiger partial charge in [-0.05, 0) is 13.8 Å². The van der Waals surface area contributed by atoms with E-state index >= 15 is 0 Å². The zero-order chi connectivity index (χ0) is 39.8. The molecule has 0 spiro atoms. The SMILES string of the molecule is CC(C)=O.N=C(NC(=N)c1ccccc1)c1ccccc1.N=C(NC(=N)c1ccccc1)c1ccccc1.N=C(NC(=N)c1ccccc1)c1ccccc1.O.[Cl-].[Cl-].[Cl-].[Cl-].[Cl-].[Cl-].[Pt+2].[Pt+2].[Pt+2]. The molecule has 6 aromatic rings. The van der Waals surface area contributed by atoms with E-state index in [4.69, 9.17) is 32.5 Å². The molecule has 0 aliphatic carbocycles. The predicted molar refractivity (Wildman–Crippen MR) is 229 cm³/mol. The van der Waals surface area contributed by atoms with Crippen LogP contribution in [0.15, 0.2) is 182 Å². The van der Waals surface area contributed by atoms with Gasteiger partial charge in [0.15, 0.2) is 0 Å². The van der Waals surface area contributed by atoms with Crippen molar-refractivity contribution in [2.75, 3.05) is 0 Å². The second-order valence-electron chi connectivity index (χ2n) is 11.7. The topological polar surface area (TPSA) is 228 Å². The Kier molecular flexibility index (Phi) is 54.6. The van der Waals surface area contributed by atoms with E-state index < -0.39 is 0 Å². The van der Waals surface area contributed by atoms with Crippen molar-refractivity contribution in [1.29, 1.82) is 32.5 Å². The fourth-order valence-electron chi connectivity index (χ4n) is 4.44. The molecule has 0 fully saturated rings. The van der Waals surface area contributed by atoms with Crippen LogP contribution in [0.5, 0.6) is 0 Å². The number of Topliss-reactive ketones (excluding diaryl/α,β-unsaturated/α-hetero) is 1. The van der Waals surface area contributed by atoms with Crippen molar-refractivity contribution in [1.82, 2.24) is 16.0 Å². The molecule has 11 nitrogen and oxygen atoms in total. The summed E-state index contributed by atoms with van der Waals surface area (Å²) < 4.78 is 0. The van der Waals surface area contributed by atoms with Gasteiger partial charge in [0.25, 0.3) is 0 Å². The van der Waals surface area contributed by atoms with Crippen molar-refractivity contribution in [3.63, 3.8) is 0 Å². The van der Waals surface area contributed by atoms with Crippen molar-refractivity contribution in [3.05, 3.63) is 215 Å². The molecule has 0 aliphatic rings. The van der Waals surface area contributed by atoms with Gasteiger partial charge in [0.1, 0.15) is 40.8 Å². The molecule has 0 atom stereocenters. The number of hydrogen-bond donors (Lipinski definition) is 9. The largest absolute Gasteiger partial charge is 2.00 e. The van der Waals surface area contributed by atoms with Crippen molar-refractivity contribution in [3.8, 4) is 0 Å². The first-order valence-corrected chi connectivity index (χ1v) is 17.2. The van der Waals surface area contributed by atoms with Gasteiger partial charge >= 0.3 is 63.2 Å². The minimum absolute atomic E-state index is 0. The maximum Gasteiger partial charge on any atom is 2.00 e. The molecule has 0 saturated heterocycles. The van der Waals surface area contributed by atoms with Crippen LogP contribution in [0.3, 0.4) is 0 Å². The fourth-order valence-corrected chi connectivity index (χ4v) is 4.44. The van der Waals surface area contributed by atoms with Crippen LogP contribution in [-0.2, 0) is 68.0 Å². The molecule has 0 radical (unpaired) electrons. The Balaban J connectivity index is -0.000000112. The maximum atomic E-state index is 9.44. The van der Waals surface area contributed by atoms with Gasteiger partial charge in [-0.3, -0.25) is 32.5 Å². The molecular formula is C45H47Cl6N9O2Pt3. The number of ketones is 1. The molecular weight excluding hydrogens is 1500 g/mol. The Morgan fingerprint density at radius 1 is 0.292 bits per heavy atom. The summed E-state index contributed by atoms with van der Waals surface area (Å²) in [7, 11) is 0. The number of carbonyl (C=O) groups is 1. The van der Waals surface area contributed by atoms with Gasteiger partial charge < -0.3 is 101 Å². The average Bonchev–Trinajstić information content (AvgIpc) is 3.23. The third-order valence-corrected chi connectivity index (χ3v) is 7.12. The Labute approximate surface area is 462 Å². The van der Waals surface area contributed by atoms with Crippen molar-refractivity contribution >= 4 is 40.8 Å². The maximum absolute atomic E-state index is 9.44. The summed E-state index contributed by atoms with van der Waals surface area (Å²) in [6.45, 7) is 3.06. The first-order chi connectivity index (χ1) is 26.5. The van der Waals surface area contributed by atoms with E-state index in [0.717, 1.165) is 33.4 Å². The molecule has 65 heavy (non-hydrogen) atoms. The number of hydrogen-bond acceptors (Lipinski definition) is 7. The van der Waals surface area contributed by atoms with Gasteiger partial charge in [0.05, 0.1) is 0 Å². The number of nitrogens with one attached hydrogen (secondary N) is 9. The molecule has 0 unspecified atom stereocenters. The van der Waals surface area contributed by atoms with E-state index in [9.17, 15) is 4.79 Å². The van der Waals surface area contributed by atoms with E-state index in [-0.39, 0.29) is 184 Å². The van der Waals surface area contributed by atoms with Crippen LogP contribution < -0.4 is 90.4 Å². The van der Waals surface area contributed by atoms with Crippen LogP contribution in [0.25, 0.3) is 0 Å². The zero-order valence-corrected chi connectivity index (χ0v) is 45.8. The molecule has 0 heterocycles. The molecule has 0 aliphatic heterocycles. The molecule has 0 aromatic heterocycles. The monoisotopic (exact) mass is 1540 g/mol. The summed E-state index contributed by atoms with van der Waals surface area (Å²) in [6.07, 6.45) is 0. The number of amidine groups is 6. The number of rotatable bonds is 6. The molecule has 0 amide bonds. The van der Waals surface area contributed by atoms with Crippen LogP contribution in [0, 0.1) is 32.5 Å². The molecule has 0 bridgehead atoms. The van der Waals surface area contributed by atoms with Gasteiger partial charge in [-0.15, -0.1) is 0 Å². The van der Waals surface area contributed by atoms with Crippen LogP contribution in [-0.4, -0.2) is 46.3 Å². The molecule has 6 aromatic carbocycles. The van der Waals surface area contributed by atoms with Crippen molar-refractivity contribution in [2.45, 2.75) is 13.8 Å². The van der Waals surface area contributed by atoms with E-state index in [1.165, 1.54) is 13.8 Å². The Morgan fingerprint density at radius 2 is 0.385 bits per heavy atom. The second-order valence-corrected chi connectivity index (χ2v) is 11.7. The number of carbonyl (C=O) groups excluding carboxylic acids is 1. The van der Waals surface area contributed by atoms with Gasteiger partial charge in [0, 0.05) is 33.4 Å². The van der Waals surface area contributed by atoms with Crippen LogP contribution in [0.4, 0.5) is 0 Å². The van der Waals surface area contributed by atoms with Crippen LogP contribution in [0.1, 0.15) is 47.2 Å². The molecule has 0 saturated carbocycles. The number of halogens is 6. The Hall–Kier alpha value is -3.83. The predicted octanol–water partition coefficient (Wildman–Crippen LogP) is -10.3. The Bertz CT molecular complexity index is 1800. The van der Waals surface area contributed by atoms with E-state index in [2.05, 4.69) is 16.0 Å². The van der Waals surface area contributed by atoms with Gasteiger partial charge in [0.2, 0.25) is 0 Å². The minimum atomic E-state index is 0. The summed E-state index contributed by atoms with van der Waals surface area (Å²) in [4.78, 5) is 9.44.